The van der Waals surface area contributed by atoms with Crippen LogP contribution in [0.2, 0.25) is 0 Å². The van der Waals surface area contributed by atoms with Gasteiger partial charge < -0.3 is 25.3 Å². The summed E-state index contributed by atoms with van der Waals surface area (Å²) in [6.45, 7) is 6.23. The van der Waals surface area contributed by atoms with Crippen LogP contribution in [0, 0.1) is 6.92 Å². The fourth-order valence-corrected chi connectivity index (χ4v) is 3.27. The maximum absolute atomic E-state index is 9.10. The van der Waals surface area contributed by atoms with E-state index in [0.717, 1.165) is 26.2 Å². The molecule has 1 aliphatic rings. The maximum Gasteiger partial charge on any atom is 0.414 e. The molecule has 0 spiro atoms. The van der Waals surface area contributed by atoms with Crippen LogP contribution < -0.4 is 4.90 Å². The van der Waals surface area contributed by atoms with E-state index in [2.05, 4.69) is 53.1 Å². The lowest BCUT2D eigenvalue weighted by Gasteiger charge is -2.38. The second kappa shape index (κ2) is 13.7. The van der Waals surface area contributed by atoms with Gasteiger partial charge in [-0.3, -0.25) is 4.90 Å². The summed E-state index contributed by atoms with van der Waals surface area (Å²) in [6.07, 6.45) is 0. The summed E-state index contributed by atoms with van der Waals surface area (Å²) < 4.78 is 0. The van der Waals surface area contributed by atoms with Crippen molar-refractivity contribution in [1.82, 2.24) is 4.90 Å². The molecule has 1 saturated heterocycles. The third kappa shape index (κ3) is 9.58. The Morgan fingerprint density at radius 2 is 1.15 bits per heavy atom. The van der Waals surface area contributed by atoms with Crippen molar-refractivity contribution in [1.29, 1.82) is 0 Å². The Bertz CT molecular complexity index is 898. The van der Waals surface area contributed by atoms with E-state index >= 15 is 0 Å². The normalized spacial score (nSPS) is 13.9. The molecule has 2 aromatic carbocycles. The zero-order valence-corrected chi connectivity index (χ0v) is 18.6. The fourth-order valence-electron chi connectivity index (χ4n) is 2.93. The molecule has 11 heteroatoms. The first kappa shape index (κ1) is 27.4. The van der Waals surface area contributed by atoms with Crippen LogP contribution in [0.25, 0.3) is 0 Å². The second-order valence-electron chi connectivity index (χ2n) is 6.78. The van der Waals surface area contributed by atoms with E-state index in [1.165, 1.54) is 16.8 Å². The second-order valence-corrected chi connectivity index (χ2v) is 7.19. The van der Waals surface area contributed by atoms with E-state index in [1.54, 1.807) is 0 Å². The number of nitrogens with zero attached hydrogens (tertiary/aromatic N) is 2. The number of alkyl halides is 1. The molecular weight excluding hydrogens is 456 g/mol. The van der Waals surface area contributed by atoms with Crippen LogP contribution in [-0.4, -0.2) is 75.4 Å². The number of piperazine rings is 1. The molecule has 3 rings (SSSR count). The van der Waals surface area contributed by atoms with Crippen LogP contribution in [0.15, 0.2) is 54.6 Å². The molecule has 0 amide bonds. The summed E-state index contributed by atoms with van der Waals surface area (Å²) in [4.78, 5) is 41.2. The quantitative estimate of drug-likeness (QED) is 0.292. The van der Waals surface area contributed by atoms with E-state index < -0.39 is 23.9 Å². The van der Waals surface area contributed by atoms with Crippen LogP contribution in [0.3, 0.4) is 0 Å². The van der Waals surface area contributed by atoms with Gasteiger partial charge in [0.15, 0.2) is 0 Å². The highest BCUT2D eigenvalue weighted by Crippen LogP contribution is 2.28. The van der Waals surface area contributed by atoms with Crippen LogP contribution >= 0.6 is 11.6 Å². The zero-order valence-electron chi connectivity index (χ0n) is 17.8. The monoisotopic (exact) mass is 480 g/mol. The number of carbonyl (C=O) groups is 4. The molecule has 0 aliphatic carbocycles. The molecule has 0 saturated carbocycles. The van der Waals surface area contributed by atoms with Gasteiger partial charge in [-0.05, 0) is 24.1 Å². The highest BCUT2D eigenvalue weighted by atomic mass is 35.5. The molecule has 1 aliphatic heterocycles. The van der Waals surface area contributed by atoms with Gasteiger partial charge in [0.1, 0.15) is 5.50 Å². The van der Waals surface area contributed by atoms with Crippen LogP contribution in [0.1, 0.15) is 16.6 Å². The summed E-state index contributed by atoms with van der Waals surface area (Å²) in [6, 6.07) is 18.9. The van der Waals surface area contributed by atoms with Gasteiger partial charge in [-0.15, -0.1) is 11.6 Å². The first-order chi connectivity index (χ1) is 15.5. The number of aliphatic carboxylic acids is 4. The number of hydrogen-bond donors (Lipinski definition) is 4. The Morgan fingerprint density at radius 1 is 0.727 bits per heavy atom. The lowest BCUT2D eigenvalue weighted by molar-refractivity contribution is -0.159. The van der Waals surface area contributed by atoms with Crippen LogP contribution in [0.5, 0.6) is 0 Å². The van der Waals surface area contributed by atoms with Crippen LogP contribution in [-0.2, 0) is 19.2 Å². The van der Waals surface area contributed by atoms with Gasteiger partial charge in [-0.1, -0.05) is 48.5 Å². The predicted octanol–water partition coefficient (Wildman–Crippen LogP) is 2.37. The smallest absolute Gasteiger partial charge is 0.414 e. The molecule has 1 fully saturated rings. The van der Waals surface area contributed by atoms with Crippen molar-refractivity contribution in [2.45, 2.75) is 12.4 Å². The number of rotatable bonds is 3. The molecule has 2 aromatic rings. The number of hydrogen-bond acceptors (Lipinski definition) is 6. The summed E-state index contributed by atoms with van der Waals surface area (Å²) in [7, 11) is 0. The van der Waals surface area contributed by atoms with Gasteiger partial charge in [-0.2, -0.15) is 0 Å². The standard InChI is InChI=1S/C18H21ClN2.2C2H2O4/c1-15-7-5-6-10-17(15)20-11-13-21(14-12-20)18(19)16-8-3-2-4-9-16;2*3-1(4)2(5)6/h2-10,18H,11-14H2,1H3;2*(H,3,4)(H,5,6). The zero-order chi connectivity index (χ0) is 25.0. The minimum atomic E-state index is -1.82. The SMILES string of the molecule is Cc1ccccc1N1CCN(C(Cl)c2ccccc2)CC1.O=C(O)C(=O)O.O=C(O)C(=O)O. The Morgan fingerprint density at radius 3 is 1.58 bits per heavy atom. The average molecular weight is 481 g/mol. The first-order valence-corrected chi connectivity index (χ1v) is 10.1. The molecule has 0 aromatic heterocycles. The van der Waals surface area contributed by atoms with E-state index in [-0.39, 0.29) is 5.50 Å². The highest BCUT2D eigenvalue weighted by Gasteiger charge is 2.23. The number of carboxylic acids is 4. The van der Waals surface area contributed by atoms with Crippen molar-refractivity contribution < 1.29 is 39.6 Å². The topological polar surface area (TPSA) is 156 Å². The summed E-state index contributed by atoms with van der Waals surface area (Å²) in [5, 5.41) is 29.6. The van der Waals surface area contributed by atoms with Gasteiger partial charge >= 0.3 is 23.9 Å². The van der Waals surface area contributed by atoms with E-state index in [0.29, 0.717) is 0 Å². The minimum Gasteiger partial charge on any atom is -0.473 e. The van der Waals surface area contributed by atoms with Crippen molar-refractivity contribution in [3.8, 4) is 0 Å². The number of anilines is 1. The van der Waals surface area contributed by atoms with E-state index in [9.17, 15) is 0 Å². The molecule has 1 heterocycles. The number of halogens is 1. The summed E-state index contributed by atoms with van der Waals surface area (Å²) in [5.41, 5.74) is 3.85. The summed E-state index contributed by atoms with van der Waals surface area (Å²) in [5.74, 6) is -7.30. The van der Waals surface area contributed by atoms with Crippen molar-refractivity contribution in [3.05, 3.63) is 65.7 Å². The highest BCUT2D eigenvalue weighted by molar-refractivity contribution is 6.27. The first-order valence-electron chi connectivity index (χ1n) is 9.70. The van der Waals surface area contributed by atoms with Crippen LogP contribution in [0.4, 0.5) is 5.69 Å². The molecule has 0 radical (unpaired) electrons. The van der Waals surface area contributed by atoms with Crippen molar-refractivity contribution >= 4 is 41.2 Å². The summed E-state index contributed by atoms with van der Waals surface area (Å²) >= 11 is 6.62. The third-order valence-corrected chi connectivity index (χ3v) is 5.06. The van der Waals surface area contributed by atoms with Gasteiger partial charge in [0.2, 0.25) is 0 Å². The Hall–Kier alpha value is -3.63. The van der Waals surface area contributed by atoms with E-state index in [4.69, 9.17) is 51.2 Å². The van der Waals surface area contributed by atoms with Crippen molar-refractivity contribution in [2.24, 2.45) is 0 Å². The number of benzene rings is 2. The molecule has 1 atom stereocenters. The Labute approximate surface area is 195 Å². The molecule has 4 N–H and O–H groups in total. The minimum absolute atomic E-state index is 0.0229. The molecule has 1 unspecified atom stereocenters. The van der Waals surface area contributed by atoms with Crippen molar-refractivity contribution in [3.63, 3.8) is 0 Å². The molecule has 10 nitrogen and oxygen atoms in total. The largest absolute Gasteiger partial charge is 0.473 e. The lowest BCUT2D eigenvalue weighted by Crippen LogP contribution is -2.47. The number of carboxylic acid groups (broad SMARTS) is 4. The van der Waals surface area contributed by atoms with E-state index in [1.807, 2.05) is 18.2 Å². The maximum atomic E-state index is 9.10. The predicted molar refractivity (Wildman–Crippen MR) is 121 cm³/mol. The average Bonchev–Trinajstić information content (AvgIpc) is 2.80. The third-order valence-electron chi connectivity index (χ3n) is 4.53. The molecule has 33 heavy (non-hydrogen) atoms. The van der Waals surface area contributed by atoms with Gasteiger partial charge in [0.05, 0.1) is 0 Å². The Kier molecular flexibility index (Phi) is 11.4. The Balaban J connectivity index is 0.000000377. The number of aryl methyl sites for hydroxylation is 1. The fraction of sp³-hybridized carbons (Fsp3) is 0.273. The number of para-hydroxylation sites is 1. The molecule has 0 bridgehead atoms. The van der Waals surface area contributed by atoms with Crippen molar-refractivity contribution in [2.75, 3.05) is 31.1 Å². The lowest BCUT2D eigenvalue weighted by atomic mass is 10.1. The van der Waals surface area contributed by atoms with Gasteiger partial charge in [0.25, 0.3) is 0 Å². The molecular formula is C22H25ClN2O8. The van der Waals surface area contributed by atoms with Gasteiger partial charge in [0, 0.05) is 31.9 Å². The molecule has 178 valence electrons. The van der Waals surface area contributed by atoms with Gasteiger partial charge in [-0.25, -0.2) is 19.2 Å².